The van der Waals surface area contributed by atoms with E-state index >= 15 is 0 Å². The van der Waals surface area contributed by atoms with Crippen molar-refractivity contribution in [3.05, 3.63) is 28.7 Å². The van der Waals surface area contributed by atoms with Gasteiger partial charge in [-0.05, 0) is 37.5 Å². The van der Waals surface area contributed by atoms with Gasteiger partial charge < -0.3 is 24.4 Å². The van der Waals surface area contributed by atoms with E-state index in [-0.39, 0.29) is 0 Å². The van der Waals surface area contributed by atoms with Crippen molar-refractivity contribution in [2.75, 3.05) is 53.6 Å². The summed E-state index contributed by atoms with van der Waals surface area (Å²) >= 11 is 3.45. The van der Waals surface area contributed by atoms with Crippen molar-refractivity contribution in [2.24, 2.45) is 4.99 Å². The zero-order chi connectivity index (χ0) is 18.6. The van der Waals surface area contributed by atoms with Crippen LogP contribution >= 0.6 is 15.9 Å². The Morgan fingerprint density at radius 2 is 2.08 bits per heavy atom. The van der Waals surface area contributed by atoms with E-state index in [1.54, 1.807) is 7.11 Å². The monoisotopic (exact) mass is 427 g/mol. The largest absolute Gasteiger partial charge is 0.492 e. The molecule has 1 fully saturated rings. The molecule has 1 N–H and O–H groups in total. The predicted octanol–water partition coefficient (Wildman–Crippen LogP) is 2.92. The van der Waals surface area contributed by atoms with Crippen LogP contribution in [-0.4, -0.2) is 70.6 Å². The number of aliphatic imine (C=N–C) groups is 1. The van der Waals surface area contributed by atoms with Gasteiger partial charge in [0.25, 0.3) is 0 Å². The van der Waals surface area contributed by atoms with Crippen LogP contribution in [0.1, 0.15) is 19.3 Å². The normalized spacial score (nSPS) is 16.0. The predicted molar refractivity (Wildman–Crippen MR) is 108 cm³/mol. The van der Waals surface area contributed by atoms with E-state index in [0.717, 1.165) is 61.7 Å². The van der Waals surface area contributed by atoms with E-state index in [1.807, 2.05) is 31.3 Å². The minimum atomic E-state index is 0.348. The van der Waals surface area contributed by atoms with Crippen molar-refractivity contribution in [1.29, 1.82) is 0 Å². The number of hydrogen-bond acceptors (Lipinski definition) is 4. The van der Waals surface area contributed by atoms with E-state index in [9.17, 15) is 0 Å². The molecule has 0 saturated carbocycles. The van der Waals surface area contributed by atoms with Gasteiger partial charge in [-0.2, -0.15) is 0 Å². The lowest BCUT2D eigenvalue weighted by atomic mass is 10.1. The Labute approximate surface area is 165 Å². The molecular weight excluding hydrogens is 398 g/mol. The number of nitrogens with zero attached hydrogens (tertiary/aromatic N) is 2. The molecule has 1 heterocycles. The van der Waals surface area contributed by atoms with Gasteiger partial charge in [-0.3, -0.25) is 4.99 Å². The van der Waals surface area contributed by atoms with Crippen LogP contribution in [0.4, 0.5) is 0 Å². The third-order valence-corrected chi connectivity index (χ3v) is 4.74. The maximum Gasteiger partial charge on any atom is 0.193 e. The number of rotatable bonds is 9. The van der Waals surface area contributed by atoms with Gasteiger partial charge in [0, 0.05) is 44.9 Å². The zero-order valence-corrected chi connectivity index (χ0v) is 17.3. The van der Waals surface area contributed by atoms with Crippen molar-refractivity contribution in [3.8, 4) is 5.75 Å². The molecule has 0 amide bonds. The number of halogens is 1. The minimum Gasteiger partial charge on any atom is -0.492 e. The molecular formula is C19H30BrN3O3. The van der Waals surface area contributed by atoms with E-state index < -0.39 is 0 Å². The first-order valence-corrected chi connectivity index (χ1v) is 9.96. The maximum absolute atomic E-state index is 5.91. The van der Waals surface area contributed by atoms with Crippen molar-refractivity contribution in [2.45, 2.75) is 25.4 Å². The summed E-state index contributed by atoms with van der Waals surface area (Å²) in [4.78, 5) is 6.68. The van der Waals surface area contributed by atoms with Crippen LogP contribution in [0.25, 0.3) is 0 Å². The second-order valence-electron chi connectivity index (χ2n) is 6.18. The molecule has 0 spiro atoms. The maximum atomic E-state index is 5.91. The third kappa shape index (κ3) is 7.51. The number of ether oxygens (including phenoxy) is 3. The second-order valence-corrected chi connectivity index (χ2v) is 7.10. The summed E-state index contributed by atoms with van der Waals surface area (Å²) in [6, 6.07) is 7.87. The summed E-state index contributed by atoms with van der Waals surface area (Å²) in [5, 5.41) is 3.38. The first-order valence-electron chi connectivity index (χ1n) is 9.17. The lowest BCUT2D eigenvalue weighted by Gasteiger charge is -2.34. The fourth-order valence-electron chi connectivity index (χ4n) is 2.91. The summed E-state index contributed by atoms with van der Waals surface area (Å²) in [5.41, 5.74) is 0. The highest BCUT2D eigenvalue weighted by Gasteiger charge is 2.21. The summed E-state index contributed by atoms with van der Waals surface area (Å²) in [6.07, 6.45) is 3.36. The molecule has 1 aliphatic heterocycles. The van der Waals surface area contributed by atoms with Gasteiger partial charge in [0.15, 0.2) is 5.96 Å². The number of guanidine groups is 1. The number of likely N-dealkylation sites (tertiary alicyclic amines) is 1. The van der Waals surface area contributed by atoms with Crippen molar-refractivity contribution < 1.29 is 14.2 Å². The van der Waals surface area contributed by atoms with Crippen molar-refractivity contribution in [1.82, 2.24) is 10.2 Å². The molecule has 0 aromatic heterocycles. The Balaban J connectivity index is 1.63. The Kier molecular flexibility index (Phi) is 9.81. The Bertz CT molecular complexity index is 549. The number of nitrogens with one attached hydrogen (secondary N) is 1. The summed E-state index contributed by atoms with van der Waals surface area (Å²) in [5.74, 6) is 1.79. The molecule has 146 valence electrons. The molecule has 26 heavy (non-hydrogen) atoms. The fourth-order valence-corrected chi connectivity index (χ4v) is 3.29. The number of hydrogen-bond donors (Lipinski definition) is 1. The average Bonchev–Trinajstić information content (AvgIpc) is 2.66. The highest BCUT2D eigenvalue weighted by Crippen LogP contribution is 2.17. The summed E-state index contributed by atoms with van der Waals surface area (Å²) in [7, 11) is 3.55. The van der Waals surface area contributed by atoms with Crippen molar-refractivity contribution in [3.63, 3.8) is 0 Å². The molecule has 0 radical (unpaired) electrons. The molecule has 1 saturated heterocycles. The minimum absolute atomic E-state index is 0.348. The first kappa shape index (κ1) is 21.0. The van der Waals surface area contributed by atoms with Crippen LogP contribution in [0.2, 0.25) is 0 Å². The van der Waals surface area contributed by atoms with Gasteiger partial charge in [-0.15, -0.1) is 0 Å². The van der Waals surface area contributed by atoms with E-state index in [0.29, 0.717) is 19.3 Å². The highest BCUT2D eigenvalue weighted by atomic mass is 79.9. The first-order chi connectivity index (χ1) is 12.7. The molecule has 1 aromatic carbocycles. The molecule has 2 rings (SSSR count). The molecule has 7 heteroatoms. The van der Waals surface area contributed by atoms with Gasteiger partial charge in [0.05, 0.1) is 12.6 Å². The number of methoxy groups -OCH3 is 1. The van der Waals surface area contributed by atoms with E-state index in [1.165, 1.54) is 0 Å². The Morgan fingerprint density at radius 3 is 2.77 bits per heavy atom. The Morgan fingerprint density at radius 1 is 1.27 bits per heavy atom. The van der Waals surface area contributed by atoms with E-state index in [4.69, 9.17) is 14.2 Å². The van der Waals surface area contributed by atoms with Crippen LogP contribution in [-0.2, 0) is 9.47 Å². The molecule has 6 nitrogen and oxygen atoms in total. The molecule has 0 aliphatic carbocycles. The SMILES string of the molecule is CN=C(NCCOc1cccc(Br)c1)N1CCC(OCCCOC)CC1. The number of benzene rings is 1. The van der Waals surface area contributed by atoms with Crippen LogP contribution in [0.15, 0.2) is 33.7 Å². The van der Waals surface area contributed by atoms with Gasteiger partial charge in [-0.25, -0.2) is 0 Å². The van der Waals surface area contributed by atoms with Crippen LogP contribution in [0.5, 0.6) is 5.75 Å². The smallest absolute Gasteiger partial charge is 0.193 e. The average molecular weight is 428 g/mol. The molecule has 0 bridgehead atoms. The topological polar surface area (TPSA) is 55.3 Å². The van der Waals surface area contributed by atoms with Gasteiger partial charge in [0.1, 0.15) is 12.4 Å². The quantitative estimate of drug-likeness (QED) is 0.373. The summed E-state index contributed by atoms with van der Waals surface area (Å²) < 4.78 is 17.7. The zero-order valence-electron chi connectivity index (χ0n) is 15.7. The summed E-state index contributed by atoms with van der Waals surface area (Å²) in [6.45, 7) is 4.76. The van der Waals surface area contributed by atoms with Crippen molar-refractivity contribution >= 4 is 21.9 Å². The van der Waals surface area contributed by atoms with Gasteiger partial charge >= 0.3 is 0 Å². The van der Waals surface area contributed by atoms with E-state index in [2.05, 4.69) is 31.1 Å². The lowest BCUT2D eigenvalue weighted by Crippen LogP contribution is -2.47. The number of piperidine rings is 1. The second kappa shape index (κ2) is 12.1. The fraction of sp³-hybridized carbons (Fsp3) is 0.632. The van der Waals surface area contributed by atoms with Crippen LogP contribution in [0.3, 0.4) is 0 Å². The standard InChI is InChI=1S/C19H30BrN3O3/c1-21-19(22-9-14-26-18-6-3-5-16(20)15-18)23-10-7-17(8-11-23)25-13-4-12-24-2/h3,5-6,15,17H,4,7-14H2,1-2H3,(H,21,22). The third-order valence-electron chi connectivity index (χ3n) is 4.25. The Hall–Kier alpha value is -1.31. The highest BCUT2D eigenvalue weighted by molar-refractivity contribution is 9.10. The van der Waals surface area contributed by atoms with Gasteiger partial charge in [0.2, 0.25) is 0 Å². The lowest BCUT2D eigenvalue weighted by molar-refractivity contribution is 0.00989. The van der Waals surface area contributed by atoms with Crippen LogP contribution in [0, 0.1) is 0 Å². The molecule has 1 aromatic rings. The van der Waals surface area contributed by atoms with Crippen LogP contribution < -0.4 is 10.1 Å². The van der Waals surface area contributed by atoms with Gasteiger partial charge in [-0.1, -0.05) is 22.0 Å². The molecule has 1 aliphatic rings. The molecule has 0 unspecified atom stereocenters. The molecule has 0 atom stereocenters.